The largest absolute Gasteiger partial charge is 0.478 e. The van der Waals surface area contributed by atoms with Gasteiger partial charge in [-0.05, 0) is 11.6 Å². The molecule has 0 aromatic heterocycles. The summed E-state index contributed by atoms with van der Waals surface area (Å²) in [6.45, 7) is 0. The average Bonchev–Trinajstić information content (AvgIpc) is 2.15. The SMILES string of the molecule is NC(c1ccccc1C(=O)O)C(F)(F)F. The van der Waals surface area contributed by atoms with E-state index < -0.39 is 29.3 Å². The van der Waals surface area contributed by atoms with E-state index >= 15 is 0 Å². The highest BCUT2D eigenvalue weighted by Gasteiger charge is 2.39. The first-order chi connectivity index (χ1) is 6.84. The van der Waals surface area contributed by atoms with Crippen molar-refractivity contribution < 1.29 is 23.1 Å². The number of rotatable bonds is 2. The van der Waals surface area contributed by atoms with E-state index in [2.05, 4.69) is 0 Å². The highest BCUT2D eigenvalue weighted by molar-refractivity contribution is 5.89. The standard InChI is InChI=1S/C9H8F3NO2/c10-9(11,12)7(13)5-3-1-2-4-6(5)8(14)15/h1-4,7H,13H2,(H,14,15). The summed E-state index contributed by atoms with van der Waals surface area (Å²) in [5.41, 5.74) is 4.06. The lowest BCUT2D eigenvalue weighted by Gasteiger charge is -2.17. The van der Waals surface area contributed by atoms with Gasteiger partial charge in [0.2, 0.25) is 0 Å². The maximum Gasteiger partial charge on any atom is 0.407 e. The molecule has 0 spiro atoms. The van der Waals surface area contributed by atoms with Crippen molar-refractivity contribution >= 4 is 5.97 Å². The monoisotopic (exact) mass is 219 g/mol. The fourth-order valence-corrected chi connectivity index (χ4v) is 1.14. The Morgan fingerprint density at radius 2 is 1.87 bits per heavy atom. The second kappa shape index (κ2) is 3.90. The Balaban J connectivity index is 3.19. The minimum atomic E-state index is -4.65. The summed E-state index contributed by atoms with van der Waals surface area (Å²) in [7, 11) is 0. The zero-order valence-electron chi connectivity index (χ0n) is 7.45. The maximum absolute atomic E-state index is 12.3. The lowest BCUT2D eigenvalue weighted by atomic mass is 10.0. The quantitative estimate of drug-likeness (QED) is 0.798. The first kappa shape index (κ1) is 11.5. The van der Waals surface area contributed by atoms with E-state index in [9.17, 15) is 18.0 Å². The molecule has 0 saturated carbocycles. The number of hydrogen-bond donors (Lipinski definition) is 2. The van der Waals surface area contributed by atoms with E-state index in [1.807, 2.05) is 0 Å². The molecule has 1 atom stereocenters. The third-order valence-corrected chi connectivity index (χ3v) is 1.88. The molecule has 0 aliphatic carbocycles. The Bertz CT molecular complexity index is 376. The molecule has 6 heteroatoms. The summed E-state index contributed by atoms with van der Waals surface area (Å²) in [6.07, 6.45) is -4.65. The van der Waals surface area contributed by atoms with Gasteiger partial charge in [0.1, 0.15) is 6.04 Å². The summed E-state index contributed by atoms with van der Waals surface area (Å²) in [6, 6.07) is 2.53. The van der Waals surface area contributed by atoms with Crippen LogP contribution in [0.25, 0.3) is 0 Å². The van der Waals surface area contributed by atoms with Gasteiger partial charge in [-0.15, -0.1) is 0 Å². The third kappa shape index (κ3) is 2.47. The molecule has 3 nitrogen and oxygen atoms in total. The summed E-state index contributed by atoms with van der Waals surface area (Å²) in [5, 5.41) is 8.66. The molecule has 3 N–H and O–H groups in total. The summed E-state index contributed by atoms with van der Waals surface area (Å²) < 4.78 is 36.8. The Hall–Kier alpha value is -1.56. The topological polar surface area (TPSA) is 63.3 Å². The van der Waals surface area contributed by atoms with Crippen LogP contribution in [0.4, 0.5) is 13.2 Å². The number of carboxylic acids is 1. The van der Waals surface area contributed by atoms with Crippen LogP contribution in [0.1, 0.15) is 22.0 Å². The first-order valence-electron chi connectivity index (χ1n) is 3.98. The second-order valence-electron chi connectivity index (χ2n) is 2.91. The van der Waals surface area contributed by atoms with Gasteiger partial charge in [-0.2, -0.15) is 13.2 Å². The minimum Gasteiger partial charge on any atom is -0.478 e. The van der Waals surface area contributed by atoms with Crippen LogP contribution in [0.5, 0.6) is 0 Å². The number of hydrogen-bond acceptors (Lipinski definition) is 2. The lowest BCUT2D eigenvalue weighted by molar-refractivity contribution is -0.149. The van der Waals surface area contributed by atoms with E-state index in [-0.39, 0.29) is 0 Å². The van der Waals surface area contributed by atoms with Crippen LogP contribution in [0.2, 0.25) is 0 Å². The van der Waals surface area contributed by atoms with Crippen molar-refractivity contribution in [2.45, 2.75) is 12.2 Å². The van der Waals surface area contributed by atoms with E-state index in [1.165, 1.54) is 12.1 Å². The zero-order valence-corrected chi connectivity index (χ0v) is 7.45. The Kier molecular flexibility index (Phi) is 2.99. The second-order valence-corrected chi connectivity index (χ2v) is 2.91. The van der Waals surface area contributed by atoms with Crippen molar-refractivity contribution in [2.24, 2.45) is 5.73 Å². The van der Waals surface area contributed by atoms with E-state index in [0.717, 1.165) is 12.1 Å². The number of benzene rings is 1. The van der Waals surface area contributed by atoms with Gasteiger partial charge >= 0.3 is 12.1 Å². The molecule has 0 saturated heterocycles. The molecule has 0 aliphatic rings. The Morgan fingerprint density at radius 1 is 1.33 bits per heavy atom. The minimum absolute atomic E-state index is 0.428. The highest BCUT2D eigenvalue weighted by atomic mass is 19.4. The zero-order chi connectivity index (χ0) is 11.6. The molecule has 1 rings (SSSR count). The van der Waals surface area contributed by atoms with Gasteiger partial charge in [0.25, 0.3) is 0 Å². The first-order valence-corrected chi connectivity index (χ1v) is 3.98. The van der Waals surface area contributed by atoms with Gasteiger partial charge in [0.15, 0.2) is 0 Å². The summed E-state index contributed by atoms with van der Waals surface area (Å²) in [4.78, 5) is 10.6. The number of halogens is 3. The molecule has 15 heavy (non-hydrogen) atoms. The lowest BCUT2D eigenvalue weighted by Crippen LogP contribution is -2.30. The van der Waals surface area contributed by atoms with Gasteiger partial charge in [-0.3, -0.25) is 0 Å². The number of carboxylic acid groups (broad SMARTS) is 1. The number of carbonyl (C=O) groups is 1. The van der Waals surface area contributed by atoms with Crippen molar-refractivity contribution in [3.63, 3.8) is 0 Å². The molecule has 1 unspecified atom stereocenters. The maximum atomic E-state index is 12.3. The van der Waals surface area contributed by atoms with Gasteiger partial charge in [0.05, 0.1) is 5.56 Å². The van der Waals surface area contributed by atoms with Crippen LogP contribution in [-0.4, -0.2) is 17.3 Å². The average molecular weight is 219 g/mol. The fraction of sp³-hybridized carbons (Fsp3) is 0.222. The Morgan fingerprint density at radius 3 is 2.33 bits per heavy atom. The van der Waals surface area contributed by atoms with Gasteiger partial charge in [-0.25, -0.2) is 4.79 Å². The van der Waals surface area contributed by atoms with Crippen molar-refractivity contribution in [3.8, 4) is 0 Å². The molecule has 1 aromatic carbocycles. The molecule has 0 radical (unpaired) electrons. The number of alkyl halides is 3. The van der Waals surface area contributed by atoms with Crippen LogP contribution in [0, 0.1) is 0 Å². The molecular weight excluding hydrogens is 211 g/mol. The van der Waals surface area contributed by atoms with Crippen molar-refractivity contribution in [1.29, 1.82) is 0 Å². The van der Waals surface area contributed by atoms with Crippen LogP contribution >= 0.6 is 0 Å². The summed E-state index contributed by atoms with van der Waals surface area (Å²) in [5.74, 6) is -1.43. The van der Waals surface area contributed by atoms with E-state index in [1.54, 1.807) is 0 Å². The van der Waals surface area contributed by atoms with Gasteiger partial charge in [-0.1, -0.05) is 18.2 Å². The molecule has 0 bridgehead atoms. The van der Waals surface area contributed by atoms with Crippen LogP contribution in [-0.2, 0) is 0 Å². The molecular formula is C9H8F3NO2. The molecule has 82 valence electrons. The molecule has 0 amide bonds. The van der Waals surface area contributed by atoms with Crippen LogP contribution in [0.3, 0.4) is 0 Å². The van der Waals surface area contributed by atoms with Crippen molar-refractivity contribution in [2.75, 3.05) is 0 Å². The fourth-order valence-electron chi connectivity index (χ4n) is 1.14. The molecule has 1 aromatic rings. The normalized spacial score (nSPS) is 13.6. The van der Waals surface area contributed by atoms with Crippen LogP contribution < -0.4 is 5.73 Å². The highest BCUT2D eigenvalue weighted by Crippen LogP contribution is 2.32. The third-order valence-electron chi connectivity index (χ3n) is 1.88. The van der Waals surface area contributed by atoms with Gasteiger partial charge in [0, 0.05) is 0 Å². The van der Waals surface area contributed by atoms with E-state index in [0.29, 0.717) is 0 Å². The predicted octanol–water partition coefficient (Wildman–Crippen LogP) is 1.95. The van der Waals surface area contributed by atoms with E-state index in [4.69, 9.17) is 10.8 Å². The van der Waals surface area contributed by atoms with Crippen LogP contribution in [0.15, 0.2) is 24.3 Å². The molecule has 0 fully saturated rings. The number of aromatic carboxylic acids is 1. The number of nitrogens with two attached hydrogens (primary N) is 1. The Labute approximate surface area is 83.3 Å². The molecule has 0 heterocycles. The van der Waals surface area contributed by atoms with Gasteiger partial charge < -0.3 is 10.8 Å². The predicted molar refractivity (Wildman–Crippen MR) is 46.4 cm³/mol. The van der Waals surface area contributed by atoms with Crippen molar-refractivity contribution in [1.82, 2.24) is 0 Å². The van der Waals surface area contributed by atoms with Crippen molar-refractivity contribution in [3.05, 3.63) is 35.4 Å². The summed E-state index contributed by atoms with van der Waals surface area (Å²) >= 11 is 0. The molecule has 0 aliphatic heterocycles. The smallest absolute Gasteiger partial charge is 0.407 e.